The molecule has 1 aliphatic carbocycles. The second kappa shape index (κ2) is 7.50. The predicted molar refractivity (Wildman–Crippen MR) is 128 cm³/mol. The van der Waals surface area contributed by atoms with Crippen molar-refractivity contribution >= 4 is 45.5 Å². The van der Waals surface area contributed by atoms with Crippen LogP contribution in [0.3, 0.4) is 0 Å². The van der Waals surface area contributed by atoms with E-state index in [0.717, 1.165) is 39.1 Å². The summed E-state index contributed by atoms with van der Waals surface area (Å²) in [6, 6.07) is 16.4. The number of nitrogens with one attached hydrogen (secondary N) is 2. The van der Waals surface area contributed by atoms with Crippen molar-refractivity contribution in [2.24, 2.45) is 0 Å². The molecule has 5 heteroatoms. The van der Waals surface area contributed by atoms with Gasteiger partial charge in [-0.2, -0.15) is 0 Å². The zero-order valence-corrected chi connectivity index (χ0v) is 18.0. The molecule has 2 aromatic heterocycles. The molecule has 6 rings (SSSR count). The third-order valence-corrected chi connectivity index (χ3v) is 7.43. The van der Waals surface area contributed by atoms with Crippen molar-refractivity contribution in [2.75, 3.05) is 5.32 Å². The lowest BCUT2D eigenvalue weighted by molar-refractivity contribution is -0.110. The van der Waals surface area contributed by atoms with Crippen LogP contribution in [0.25, 0.3) is 33.8 Å². The van der Waals surface area contributed by atoms with Crippen LogP contribution in [0.1, 0.15) is 54.3 Å². The fraction of sp³-hybridized carbons (Fsp3) is 0.231. The van der Waals surface area contributed by atoms with Gasteiger partial charge in [-0.05, 0) is 48.6 Å². The molecule has 4 nitrogen and oxygen atoms in total. The monoisotopic (exact) mass is 425 g/mol. The van der Waals surface area contributed by atoms with Crippen LogP contribution in [0.15, 0.2) is 53.9 Å². The lowest BCUT2D eigenvalue weighted by Crippen LogP contribution is -2.03. The quantitative estimate of drug-likeness (QED) is 0.353. The molecular formula is C26H23N3OS. The molecule has 2 aromatic carbocycles. The summed E-state index contributed by atoms with van der Waals surface area (Å²) >= 11 is 1.78. The molecule has 3 heterocycles. The van der Waals surface area contributed by atoms with E-state index in [0.29, 0.717) is 11.5 Å². The molecule has 0 saturated heterocycles. The van der Waals surface area contributed by atoms with Crippen LogP contribution in [-0.2, 0) is 4.79 Å². The Hall–Kier alpha value is -3.18. The van der Waals surface area contributed by atoms with Crippen molar-refractivity contribution in [1.29, 1.82) is 0 Å². The van der Waals surface area contributed by atoms with Crippen LogP contribution < -0.4 is 5.32 Å². The molecule has 0 radical (unpaired) electrons. The molecule has 0 unspecified atom stereocenters. The van der Waals surface area contributed by atoms with Crippen molar-refractivity contribution in [3.05, 3.63) is 70.2 Å². The molecular weight excluding hydrogens is 402 g/mol. The first-order valence-electron chi connectivity index (χ1n) is 11.0. The molecule has 1 fully saturated rings. The Morgan fingerprint density at radius 1 is 1.03 bits per heavy atom. The van der Waals surface area contributed by atoms with E-state index in [1.807, 2.05) is 30.3 Å². The number of amides is 1. The van der Waals surface area contributed by atoms with E-state index in [2.05, 4.69) is 39.9 Å². The van der Waals surface area contributed by atoms with Crippen molar-refractivity contribution in [2.45, 2.75) is 38.0 Å². The van der Waals surface area contributed by atoms with Crippen LogP contribution >= 0.6 is 11.3 Å². The highest BCUT2D eigenvalue weighted by atomic mass is 32.1. The summed E-state index contributed by atoms with van der Waals surface area (Å²) in [6.45, 7) is 0. The Balaban J connectivity index is 1.35. The zero-order valence-electron chi connectivity index (χ0n) is 17.2. The van der Waals surface area contributed by atoms with Gasteiger partial charge in [0.25, 0.3) is 5.91 Å². The number of H-pyrrole nitrogens is 1. The summed E-state index contributed by atoms with van der Waals surface area (Å²) in [7, 11) is 0. The van der Waals surface area contributed by atoms with Crippen molar-refractivity contribution in [1.82, 2.24) is 9.97 Å². The summed E-state index contributed by atoms with van der Waals surface area (Å²) in [4.78, 5) is 21.1. The third-order valence-electron chi connectivity index (χ3n) is 6.43. The lowest BCUT2D eigenvalue weighted by Gasteiger charge is -2.18. The topological polar surface area (TPSA) is 57.8 Å². The first-order valence-corrected chi connectivity index (χ1v) is 11.8. The molecule has 154 valence electrons. The van der Waals surface area contributed by atoms with Gasteiger partial charge >= 0.3 is 0 Å². The number of nitrogens with zero attached hydrogens (tertiary/aromatic N) is 1. The van der Waals surface area contributed by atoms with Crippen molar-refractivity contribution in [3.8, 4) is 11.3 Å². The highest BCUT2D eigenvalue weighted by Gasteiger charge is 2.25. The second-order valence-electron chi connectivity index (χ2n) is 8.49. The Kier molecular flexibility index (Phi) is 4.50. The number of benzene rings is 2. The van der Waals surface area contributed by atoms with Crippen molar-refractivity contribution < 1.29 is 4.79 Å². The number of carbonyl (C=O) groups excluding carboxylic acids is 1. The fourth-order valence-corrected chi connectivity index (χ4v) is 5.78. The standard InChI is InChI=1S/C26H23N3OS/c30-25-21(14-19-12-17-8-4-5-9-22(17)27-19)20-13-18(10-11-23(20)28-25)24-15-31-26(29-24)16-6-2-1-3-7-16/h4-5,8-16,27H,1-3,6-7H2,(H,28,30)/b21-14-. The number of aromatic amines is 1. The van der Waals surface area contributed by atoms with Crippen LogP contribution in [0, 0.1) is 0 Å². The Morgan fingerprint density at radius 3 is 2.77 bits per heavy atom. The van der Waals surface area contributed by atoms with Crippen molar-refractivity contribution in [3.63, 3.8) is 0 Å². The van der Waals surface area contributed by atoms with Gasteiger partial charge in [-0.1, -0.05) is 43.5 Å². The Morgan fingerprint density at radius 2 is 1.90 bits per heavy atom. The molecule has 4 aromatic rings. The minimum Gasteiger partial charge on any atom is -0.355 e. The van der Waals surface area contributed by atoms with Gasteiger partial charge in [-0.15, -0.1) is 11.3 Å². The zero-order chi connectivity index (χ0) is 20.8. The van der Waals surface area contributed by atoms with Gasteiger partial charge in [0, 0.05) is 39.3 Å². The number of anilines is 1. The first kappa shape index (κ1) is 18.6. The van der Waals surface area contributed by atoms with E-state index in [1.54, 1.807) is 11.3 Å². The number of hydrogen-bond donors (Lipinski definition) is 2. The maximum atomic E-state index is 12.7. The molecule has 2 aliphatic rings. The molecule has 31 heavy (non-hydrogen) atoms. The van der Waals surface area contributed by atoms with Gasteiger partial charge in [-0.3, -0.25) is 4.79 Å². The van der Waals surface area contributed by atoms with E-state index in [-0.39, 0.29) is 5.91 Å². The molecule has 0 spiro atoms. The minimum atomic E-state index is -0.0630. The summed E-state index contributed by atoms with van der Waals surface area (Å²) < 4.78 is 0. The first-order chi connectivity index (χ1) is 15.2. The molecule has 1 amide bonds. The maximum Gasteiger partial charge on any atom is 0.256 e. The number of fused-ring (bicyclic) bond motifs is 2. The van der Waals surface area contributed by atoms with Crippen LogP contribution in [-0.4, -0.2) is 15.9 Å². The molecule has 0 bridgehead atoms. The van der Waals surface area contributed by atoms with E-state index in [1.165, 1.54) is 37.1 Å². The molecule has 1 aliphatic heterocycles. The normalized spacial score (nSPS) is 17.9. The minimum absolute atomic E-state index is 0.0630. The molecule has 0 atom stereocenters. The molecule has 1 saturated carbocycles. The van der Waals surface area contributed by atoms with Gasteiger partial charge in [0.15, 0.2) is 0 Å². The number of hydrogen-bond acceptors (Lipinski definition) is 3. The number of rotatable bonds is 3. The maximum absolute atomic E-state index is 12.7. The average Bonchev–Trinajstić information content (AvgIpc) is 3.52. The number of carbonyl (C=O) groups is 1. The van der Waals surface area contributed by atoms with Gasteiger partial charge in [0.1, 0.15) is 0 Å². The number of thiazole rings is 1. The summed E-state index contributed by atoms with van der Waals surface area (Å²) in [6.07, 6.45) is 8.44. The Bertz CT molecular complexity index is 1290. The smallest absolute Gasteiger partial charge is 0.256 e. The average molecular weight is 426 g/mol. The highest BCUT2D eigenvalue weighted by Crippen LogP contribution is 2.39. The number of para-hydroxylation sites is 1. The molecule has 2 N–H and O–H groups in total. The van der Waals surface area contributed by atoms with E-state index >= 15 is 0 Å². The second-order valence-corrected chi connectivity index (χ2v) is 9.38. The van der Waals surface area contributed by atoms with Gasteiger partial charge in [0.2, 0.25) is 0 Å². The number of aromatic nitrogens is 2. The van der Waals surface area contributed by atoms with Gasteiger partial charge in [-0.25, -0.2) is 4.98 Å². The highest BCUT2D eigenvalue weighted by molar-refractivity contribution is 7.10. The fourth-order valence-electron chi connectivity index (χ4n) is 4.78. The van der Waals surface area contributed by atoms with Crippen LogP contribution in [0.5, 0.6) is 0 Å². The van der Waals surface area contributed by atoms with Gasteiger partial charge < -0.3 is 10.3 Å². The third kappa shape index (κ3) is 3.39. The van der Waals surface area contributed by atoms with Crippen LogP contribution in [0.2, 0.25) is 0 Å². The summed E-state index contributed by atoms with van der Waals surface area (Å²) in [5.74, 6) is 0.551. The summed E-state index contributed by atoms with van der Waals surface area (Å²) in [5, 5.41) is 7.56. The largest absolute Gasteiger partial charge is 0.355 e. The van der Waals surface area contributed by atoms with Gasteiger partial charge in [0.05, 0.1) is 16.3 Å². The SMILES string of the molecule is O=C1Nc2ccc(-c3csc(C4CCCCC4)n3)cc2/C1=C/c1cc2ccccc2[nH]1. The lowest BCUT2D eigenvalue weighted by atomic mass is 9.90. The summed E-state index contributed by atoms with van der Waals surface area (Å²) in [5.41, 5.74) is 6.56. The Labute approximate surface area is 185 Å². The predicted octanol–water partition coefficient (Wildman–Crippen LogP) is 6.83. The van der Waals surface area contributed by atoms with E-state index in [9.17, 15) is 4.79 Å². The van der Waals surface area contributed by atoms with E-state index < -0.39 is 0 Å². The van der Waals surface area contributed by atoms with Crippen LogP contribution in [0.4, 0.5) is 5.69 Å². The van der Waals surface area contributed by atoms with E-state index in [4.69, 9.17) is 4.98 Å².